The molecule has 0 atom stereocenters. The minimum atomic E-state index is -0.846. The van der Waals surface area contributed by atoms with E-state index in [9.17, 15) is 9.90 Å². The standard InChI is InChI=1S/C16H19ClN2O2/c1-3-16(21,4-2)10-18-15(20)12-5-7-13-11(9-12)6-8-14(17)19-13/h5-9,21H,3-4,10H2,1-2H3,(H,18,20). The van der Waals surface area contributed by atoms with Crippen molar-refractivity contribution in [3.05, 3.63) is 41.0 Å². The van der Waals surface area contributed by atoms with Crippen LogP contribution in [0.5, 0.6) is 0 Å². The Labute approximate surface area is 129 Å². The molecular weight excluding hydrogens is 288 g/mol. The number of aliphatic hydroxyl groups is 1. The summed E-state index contributed by atoms with van der Waals surface area (Å²) in [6.07, 6.45) is 1.20. The zero-order valence-corrected chi connectivity index (χ0v) is 12.9. The van der Waals surface area contributed by atoms with Gasteiger partial charge in [0.25, 0.3) is 5.91 Å². The molecular formula is C16H19ClN2O2. The normalized spacial score (nSPS) is 11.6. The number of hydrogen-bond donors (Lipinski definition) is 2. The molecule has 0 fully saturated rings. The topological polar surface area (TPSA) is 62.2 Å². The van der Waals surface area contributed by atoms with E-state index in [1.807, 2.05) is 19.9 Å². The van der Waals surface area contributed by atoms with Crippen molar-refractivity contribution >= 4 is 28.4 Å². The second-order valence-electron chi connectivity index (χ2n) is 5.16. The fourth-order valence-electron chi connectivity index (χ4n) is 2.09. The summed E-state index contributed by atoms with van der Waals surface area (Å²) >= 11 is 5.83. The Kier molecular flexibility index (Phi) is 4.80. The molecule has 0 saturated carbocycles. The first-order chi connectivity index (χ1) is 9.97. The number of pyridine rings is 1. The maximum atomic E-state index is 12.2. The Balaban J connectivity index is 2.14. The summed E-state index contributed by atoms with van der Waals surface area (Å²) in [7, 11) is 0. The molecule has 21 heavy (non-hydrogen) atoms. The lowest BCUT2D eigenvalue weighted by molar-refractivity contribution is 0.0314. The van der Waals surface area contributed by atoms with Crippen molar-refractivity contribution in [3.8, 4) is 0 Å². The van der Waals surface area contributed by atoms with Gasteiger partial charge in [-0.15, -0.1) is 0 Å². The van der Waals surface area contributed by atoms with Gasteiger partial charge in [-0.3, -0.25) is 4.79 Å². The van der Waals surface area contributed by atoms with Crippen LogP contribution < -0.4 is 5.32 Å². The monoisotopic (exact) mass is 306 g/mol. The minimum Gasteiger partial charge on any atom is -0.388 e. The summed E-state index contributed by atoms with van der Waals surface area (Å²) in [6, 6.07) is 8.76. The van der Waals surface area contributed by atoms with Crippen LogP contribution in [0.15, 0.2) is 30.3 Å². The lowest BCUT2D eigenvalue weighted by Crippen LogP contribution is -2.42. The molecule has 2 aromatic rings. The highest BCUT2D eigenvalue weighted by atomic mass is 35.5. The second-order valence-corrected chi connectivity index (χ2v) is 5.54. The quantitative estimate of drug-likeness (QED) is 0.834. The highest BCUT2D eigenvalue weighted by molar-refractivity contribution is 6.29. The summed E-state index contributed by atoms with van der Waals surface area (Å²) in [5.74, 6) is -0.202. The molecule has 0 bridgehead atoms. The molecule has 0 aliphatic carbocycles. The highest BCUT2D eigenvalue weighted by Crippen LogP contribution is 2.18. The van der Waals surface area contributed by atoms with Gasteiger partial charge >= 0.3 is 0 Å². The van der Waals surface area contributed by atoms with Crippen LogP contribution in [0.3, 0.4) is 0 Å². The van der Waals surface area contributed by atoms with Crippen molar-refractivity contribution < 1.29 is 9.90 Å². The molecule has 2 rings (SSSR count). The molecule has 1 aromatic carbocycles. The molecule has 4 nitrogen and oxygen atoms in total. The number of rotatable bonds is 5. The van der Waals surface area contributed by atoms with Crippen molar-refractivity contribution in [2.45, 2.75) is 32.3 Å². The third-order valence-corrected chi connectivity index (χ3v) is 4.02. The molecule has 1 aromatic heterocycles. The zero-order chi connectivity index (χ0) is 15.5. The van der Waals surface area contributed by atoms with E-state index in [4.69, 9.17) is 11.6 Å². The van der Waals surface area contributed by atoms with Gasteiger partial charge in [0, 0.05) is 17.5 Å². The fourth-order valence-corrected chi connectivity index (χ4v) is 2.24. The molecule has 0 aliphatic heterocycles. The predicted octanol–water partition coefficient (Wildman–Crippen LogP) is 3.17. The average molecular weight is 307 g/mol. The molecule has 1 heterocycles. The van der Waals surface area contributed by atoms with E-state index in [0.29, 0.717) is 23.6 Å². The number of nitrogens with zero attached hydrogens (tertiary/aromatic N) is 1. The van der Waals surface area contributed by atoms with E-state index in [-0.39, 0.29) is 12.5 Å². The number of aromatic nitrogens is 1. The zero-order valence-electron chi connectivity index (χ0n) is 12.2. The van der Waals surface area contributed by atoms with Crippen LogP contribution in [0.4, 0.5) is 0 Å². The molecule has 112 valence electrons. The number of amides is 1. The van der Waals surface area contributed by atoms with Crippen molar-refractivity contribution in [2.24, 2.45) is 0 Å². The maximum absolute atomic E-state index is 12.2. The number of carbonyl (C=O) groups excluding carboxylic acids is 1. The van der Waals surface area contributed by atoms with Gasteiger partial charge in [-0.2, -0.15) is 0 Å². The first kappa shape index (κ1) is 15.7. The molecule has 2 N–H and O–H groups in total. The van der Waals surface area contributed by atoms with Crippen molar-refractivity contribution in [1.29, 1.82) is 0 Å². The SMILES string of the molecule is CCC(O)(CC)CNC(=O)c1ccc2nc(Cl)ccc2c1. The van der Waals surface area contributed by atoms with E-state index in [1.54, 1.807) is 24.3 Å². The van der Waals surface area contributed by atoms with Crippen LogP contribution in [-0.4, -0.2) is 28.1 Å². The third-order valence-electron chi connectivity index (χ3n) is 3.81. The van der Waals surface area contributed by atoms with Crippen LogP contribution in [0.2, 0.25) is 5.15 Å². The molecule has 0 saturated heterocycles. The van der Waals surface area contributed by atoms with E-state index in [0.717, 1.165) is 10.9 Å². The van der Waals surface area contributed by atoms with Crippen LogP contribution in [0.1, 0.15) is 37.0 Å². The number of hydrogen-bond acceptors (Lipinski definition) is 3. The maximum Gasteiger partial charge on any atom is 0.251 e. The van der Waals surface area contributed by atoms with Gasteiger partial charge in [0.15, 0.2) is 0 Å². The molecule has 1 amide bonds. The lowest BCUT2D eigenvalue weighted by atomic mass is 9.97. The van der Waals surface area contributed by atoms with Crippen LogP contribution >= 0.6 is 11.6 Å². The number of benzene rings is 1. The number of halogens is 1. The highest BCUT2D eigenvalue weighted by Gasteiger charge is 2.23. The molecule has 0 spiro atoms. The largest absolute Gasteiger partial charge is 0.388 e. The average Bonchev–Trinajstić information content (AvgIpc) is 2.51. The Morgan fingerprint density at radius 3 is 2.67 bits per heavy atom. The van der Waals surface area contributed by atoms with Crippen molar-refractivity contribution in [3.63, 3.8) is 0 Å². The van der Waals surface area contributed by atoms with Crippen LogP contribution in [-0.2, 0) is 0 Å². The Morgan fingerprint density at radius 1 is 1.29 bits per heavy atom. The number of fused-ring (bicyclic) bond motifs is 1. The van der Waals surface area contributed by atoms with Gasteiger partial charge in [0.2, 0.25) is 0 Å². The number of nitrogens with one attached hydrogen (secondary N) is 1. The molecule has 0 unspecified atom stereocenters. The van der Waals surface area contributed by atoms with E-state index >= 15 is 0 Å². The lowest BCUT2D eigenvalue weighted by Gasteiger charge is -2.25. The summed E-state index contributed by atoms with van der Waals surface area (Å²) in [4.78, 5) is 16.3. The van der Waals surface area contributed by atoms with Gasteiger partial charge < -0.3 is 10.4 Å². The first-order valence-corrected chi connectivity index (χ1v) is 7.42. The minimum absolute atomic E-state index is 0.202. The second kappa shape index (κ2) is 6.41. The first-order valence-electron chi connectivity index (χ1n) is 7.04. The van der Waals surface area contributed by atoms with E-state index < -0.39 is 5.60 Å². The fraction of sp³-hybridized carbons (Fsp3) is 0.375. The van der Waals surface area contributed by atoms with Gasteiger partial charge in [-0.05, 0) is 43.2 Å². The van der Waals surface area contributed by atoms with Gasteiger partial charge in [-0.1, -0.05) is 25.4 Å². The molecule has 5 heteroatoms. The van der Waals surface area contributed by atoms with Gasteiger partial charge in [-0.25, -0.2) is 4.98 Å². The van der Waals surface area contributed by atoms with Gasteiger partial charge in [0.05, 0.1) is 11.1 Å². The van der Waals surface area contributed by atoms with Crippen molar-refractivity contribution in [2.75, 3.05) is 6.54 Å². The van der Waals surface area contributed by atoms with E-state index in [2.05, 4.69) is 10.3 Å². The van der Waals surface area contributed by atoms with Crippen molar-refractivity contribution in [1.82, 2.24) is 10.3 Å². The number of carbonyl (C=O) groups is 1. The van der Waals surface area contributed by atoms with Crippen LogP contribution in [0, 0.1) is 0 Å². The Morgan fingerprint density at radius 2 is 2.00 bits per heavy atom. The Bertz CT molecular complexity index is 654. The summed E-state index contributed by atoms with van der Waals surface area (Å²) in [6.45, 7) is 4.05. The molecule has 0 aliphatic rings. The predicted molar refractivity (Wildman–Crippen MR) is 84.6 cm³/mol. The smallest absolute Gasteiger partial charge is 0.251 e. The summed E-state index contributed by atoms with van der Waals surface area (Å²) < 4.78 is 0. The summed E-state index contributed by atoms with van der Waals surface area (Å²) in [5.41, 5.74) is 0.445. The summed E-state index contributed by atoms with van der Waals surface area (Å²) in [5, 5.41) is 14.3. The molecule has 0 radical (unpaired) electrons. The van der Waals surface area contributed by atoms with Gasteiger partial charge in [0.1, 0.15) is 5.15 Å². The Hall–Kier alpha value is -1.65. The third kappa shape index (κ3) is 3.71. The van der Waals surface area contributed by atoms with Crippen LogP contribution in [0.25, 0.3) is 10.9 Å². The van der Waals surface area contributed by atoms with E-state index in [1.165, 1.54) is 0 Å².